The van der Waals surface area contributed by atoms with Crippen molar-refractivity contribution in [3.8, 4) is 0 Å². The Bertz CT molecular complexity index is 470. The van der Waals surface area contributed by atoms with E-state index >= 15 is 0 Å². The Kier molecular flexibility index (Phi) is 3.89. The fourth-order valence-corrected chi connectivity index (χ4v) is 3.48. The maximum Gasteiger partial charge on any atom is 0.246 e. The molecule has 0 aromatic carbocycles. The van der Waals surface area contributed by atoms with Gasteiger partial charge in [0, 0.05) is 20.1 Å². The molecule has 1 aliphatic carbocycles. The molecule has 0 radical (unpaired) electrons. The summed E-state index contributed by atoms with van der Waals surface area (Å²) in [7, 11) is 1.84. The van der Waals surface area contributed by atoms with E-state index in [0.717, 1.165) is 30.9 Å². The Hall–Kier alpha value is -1.59. The molecule has 110 valence electrons. The summed E-state index contributed by atoms with van der Waals surface area (Å²) in [6.45, 7) is 4.63. The minimum absolute atomic E-state index is 0.541. The first kappa shape index (κ1) is 13.4. The zero-order chi connectivity index (χ0) is 13.9. The van der Waals surface area contributed by atoms with E-state index in [1.54, 1.807) is 0 Å². The number of nitrogens with one attached hydrogen (secondary N) is 1. The van der Waals surface area contributed by atoms with Crippen LogP contribution in [0.4, 0.5) is 0 Å². The molecule has 1 saturated heterocycles. The summed E-state index contributed by atoms with van der Waals surface area (Å²) in [5.74, 6) is 3.94. The van der Waals surface area contributed by atoms with Crippen LogP contribution >= 0.6 is 0 Å². The average molecular weight is 277 g/mol. The van der Waals surface area contributed by atoms with Crippen molar-refractivity contribution in [2.45, 2.75) is 39.2 Å². The summed E-state index contributed by atoms with van der Waals surface area (Å²) in [4.78, 5) is 11.0. The molecule has 3 rings (SSSR count). The van der Waals surface area contributed by atoms with Crippen LogP contribution in [0.3, 0.4) is 0 Å². The van der Waals surface area contributed by atoms with Gasteiger partial charge in [0.25, 0.3) is 0 Å². The normalized spacial score (nSPS) is 26.7. The Balaban J connectivity index is 1.57. The van der Waals surface area contributed by atoms with Gasteiger partial charge >= 0.3 is 0 Å². The summed E-state index contributed by atoms with van der Waals surface area (Å²) in [5, 5.41) is 7.13. The molecule has 2 heterocycles. The molecule has 1 aromatic rings. The Morgan fingerprint density at radius 2 is 2.05 bits per heavy atom. The van der Waals surface area contributed by atoms with Gasteiger partial charge in [-0.15, -0.1) is 0 Å². The van der Waals surface area contributed by atoms with E-state index in [9.17, 15) is 0 Å². The molecule has 0 amide bonds. The van der Waals surface area contributed by atoms with Crippen LogP contribution < -0.4 is 5.32 Å². The van der Waals surface area contributed by atoms with Crippen molar-refractivity contribution in [1.82, 2.24) is 20.4 Å². The summed E-state index contributed by atoms with van der Waals surface area (Å²) in [6.07, 6.45) is 5.53. The lowest BCUT2D eigenvalue weighted by Crippen LogP contribution is -2.39. The molecule has 1 N–H and O–H groups in total. The van der Waals surface area contributed by atoms with Crippen LogP contribution in [0.2, 0.25) is 0 Å². The van der Waals surface area contributed by atoms with E-state index in [1.807, 2.05) is 14.0 Å². The summed E-state index contributed by atoms with van der Waals surface area (Å²) < 4.78 is 5.12. The van der Waals surface area contributed by atoms with E-state index in [0.29, 0.717) is 18.3 Å². The van der Waals surface area contributed by atoms with Crippen molar-refractivity contribution in [3.05, 3.63) is 11.7 Å². The zero-order valence-corrected chi connectivity index (χ0v) is 12.3. The van der Waals surface area contributed by atoms with Gasteiger partial charge in [0.2, 0.25) is 5.89 Å². The Morgan fingerprint density at radius 1 is 1.35 bits per heavy atom. The number of hydrogen-bond acceptors (Lipinski definition) is 4. The summed E-state index contributed by atoms with van der Waals surface area (Å²) in [6, 6.07) is 0. The van der Waals surface area contributed by atoms with E-state index in [2.05, 4.69) is 25.3 Å². The smallest absolute Gasteiger partial charge is 0.246 e. The van der Waals surface area contributed by atoms with Gasteiger partial charge in [-0.1, -0.05) is 18.0 Å². The molecule has 20 heavy (non-hydrogen) atoms. The highest BCUT2D eigenvalue weighted by Gasteiger charge is 2.35. The van der Waals surface area contributed by atoms with Crippen LogP contribution in [0, 0.1) is 18.8 Å². The number of fused-ring (bicyclic) bond motifs is 1. The van der Waals surface area contributed by atoms with Crippen LogP contribution in [0.1, 0.15) is 37.4 Å². The molecule has 2 fully saturated rings. The molecule has 6 heteroatoms. The van der Waals surface area contributed by atoms with Gasteiger partial charge in [-0.25, -0.2) is 0 Å². The maximum absolute atomic E-state index is 5.12. The zero-order valence-electron chi connectivity index (χ0n) is 12.3. The van der Waals surface area contributed by atoms with Gasteiger partial charge in [-0.3, -0.25) is 4.99 Å². The van der Waals surface area contributed by atoms with E-state index in [4.69, 9.17) is 4.52 Å². The summed E-state index contributed by atoms with van der Waals surface area (Å²) in [5.41, 5.74) is 0. The number of guanidine groups is 1. The second-order valence-corrected chi connectivity index (χ2v) is 5.85. The standard InChI is InChI=1S/C14H23N5O/c1-10-17-13(20-18-10)7-16-14(15-2)19-8-11-5-3-4-6-12(11)9-19/h11-12H,3-9H2,1-2H3,(H,15,16). The minimum Gasteiger partial charge on any atom is -0.347 e. The van der Waals surface area contributed by atoms with Crippen LogP contribution in [0.25, 0.3) is 0 Å². The third-order valence-corrected chi connectivity index (χ3v) is 4.45. The fraction of sp³-hybridized carbons (Fsp3) is 0.786. The van der Waals surface area contributed by atoms with Crippen molar-refractivity contribution in [2.75, 3.05) is 20.1 Å². The molecule has 6 nitrogen and oxygen atoms in total. The van der Waals surface area contributed by atoms with Gasteiger partial charge in [0.15, 0.2) is 11.8 Å². The monoisotopic (exact) mass is 277 g/mol. The van der Waals surface area contributed by atoms with E-state index in [-0.39, 0.29) is 0 Å². The molecule has 2 aliphatic rings. The third kappa shape index (κ3) is 2.78. The molecular formula is C14H23N5O. The molecule has 2 atom stereocenters. The lowest BCUT2D eigenvalue weighted by Gasteiger charge is -2.22. The van der Waals surface area contributed by atoms with Crippen molar-refractivity contribution >= 4 is 5.96 Å². The third-order valence-electron chi connectivity index (χ3n) is 4.45. The number of hydrogen-bond donors (Lipinski definition) is 1. The van der Waals surface area contributed by atoms with Gasteiger partial charge in [0.1, 0.15) is 0 Å². The van der Waals surface area contributed by atoms with Crippen LogP contribution in [-0.4, -0.2) is 41.1 Å². The molecule has 1 saturated carbocycles. The second-order valence-electron chi connectivity index (χ2n) is 5.85. The lowest BCUT2D eigenvalue weighted by molar-refractivity contribution is 0.299. The van der Waals surface area contributed by atoms with Gasteiger partial charge in [-0.05, 0) is 31.6 Å². The van der Waals surface area contributed by atoms with E-state index < -0.39 is 0 Å². The molecular weight excluding hydrogens is 254 g/mol. The number of aromatic nitrogens is 2. The quantitative estimate of drug-likeness (QED) is 0.656. The highest BCUT2D eigenvalue weighted by atomic mass is 16.5. The van der Waals surface area contributed by atoms with Crippen molar-refractivity contribution in [1.29, 1.82) is 0 Å². The highest BCUT2D eigenvalue weighted by molar-refractivity contribution is 5.80. The first-order valence-electron chi connectivity index (χ1n) is 7.51. The number of aliphatic imine (C=N–C) groups is 1. The molecule has 2 unspecified atom stereocenters. The lowest BCUT2D eigenvalue weighted by atomic mass is 9.82. The van der Waals surface area contributed by atoms with Gasteiger partial charge < -0.3 is 14.7 Å². The van der Waals surface area contributed by atoms with Gasteiger partial charge in [-0.2, -0.15) is 4.98 Å². The molecule has 0 spiro atoms. The topological polar surface area (TPSA) is 66.5 Å². The number of rotatable bonds is 2. The van der Waals surface area contributed by atoms with E-state index in [1.165, 1.54) is 25.7 Å². The molecule has 1 aromatic heterocycles. The minimum atomic E-state index is 0.541. The number of likely N-dealkylation sites (tertiary alicyclic amines) is 1. The highest BCUT2D eigenvalue weighted by Crippen LogP contribution is 2.35. The van der Waals surface area contributed by atoms with Crippen LogP contribution in [-0.2, 0) is 6.54 Å². The Labute approximate surface area is 119 Å². The number of nitrogens with zero attached hydrogens (tertiary/aromatic N) is 4. The predicted octanol–water partition coefficient (Wildman–Crippen LogP) is 1.58. The maximum atomic E-state index is 5.12. The largest absolute Gasteiger partial charge is 0.347 e. The first-order valence-corrected chi connectivity index (χ1v) is 7.51. The van der Waals surface area contributed by atoms with Crippen molar-refractivity contribution in [3.63, 3.8) is 0 Å². The fourth-order valence-electron chi connectivity index (χ4n) is 3.48. The van der Waals surface area contributed by atoms with Crippen LogP contribution in [0.5, 0.6) is 0 Å². The second kappa shape index (κ2) is 5.81. The molecule has 0 bridgehead atoms. The first-order chi connectivity index (χ1) is 9.76. The summed E-state index contributed by atoms with van der Waals surface area (Å²) >= 11 is 0. The average Bonchev–Trinajstić information content (AvgIpc) is 3.05. The van der Waals surface area contributed by atoms with Crippen LogP contribution in [0.15, 0.2) is 9.52 Å². The predicted molar refractivity (Wildman–Crippen MR) is 76.3 cm³/mol. The SMILES string of the molecule is CN=C(NCc1nc(C)no1)N1CC2CCCCC2C1. The molecule has 1 aliphatic heterocycles. The van der Waals surface area contributed by atoms with Crippen molar-refractivity contribution in [2.24, 2.45) is 16.8 Å². The number of aryl methyl sites for hydroxylation is 1. The van der Waals surface area contributed by atoms with Crippen molar-refractivity contribution < 1.29 is 4.52 Å². The Morgan fingerprint density at radius 3 is 2.60 bits per heavy atom. The van der Waals surface area contributed by atoms with Gasteiger partial charge in [0.05, 0.1) is 6.54 Å².